The van der Waals surface area contributed by atoms with E-state index >= 15 is 0 Å². The summed E-state index contributed by atoms with van der Waals surface area (Å²) in [4.78, 5) is 12.2. The predicted molar refractivity (Wildman–Crippen MR) is 67.4 cm³/mol. The lowest BCUT2D eigenvalue weighted by Crippen LogP contribution is -2.41. The van der Waals surface area contributed by atoms with Gasteiger partial charge in [0.05, 0.1) is 11.6 Å². The SMILES string of the molecule is N#Cc1cccc(NC2CCN(C(=O)O)CC2)c1. The average Bonchev–Trinajstić information content (AvgIpc) is 2.39. The number of carboxylic acid groups (broad SMARTS) is 1. The first kappa shape index (κ1) is 12.2. The van der Waals surface area contributed by atoms with E-state index in [9.17, 15) is 4.79 Å². The molecule has 1 fully saturated rings. The summed E-state index contributed by atoms with van der Waals surface area (Å²) in [5.41, 5.74) is 1.55. The maximum Gasteiger partial charge on any atom is 0.407 e. The summed E-state index contributed by atoms with van der Waals surface area (Å²) in [6.07, 6.45) is 0.742. The van der Waals surface area contributed by atoms with Crippen LogP contribution in [0.25, 0.3) is 0 Å². The molecule has 0 aromatic heterocycles. The van der Waals surface area contributed by atoms with E-state index in [-0.39, 0.29) is 6.04 Å². The van der Waals surface area contributed by atoms with Crippen molar-refractivity contribution >= 4 is 11.8 Å². The fraction of sp³-hybridized carbons (Fsp3) is 0.385. The monoisotopic (exact) mass is 245 g/mol. The largest absolute Gasteiger partial charge is 0.465 e. The summed E-state index contributed by atoms with van der Waals surface area (Å²) in [6, 6.07) is 9.71. The summed E-state index contributed by atoms with van der Waals surface area (Å²) >= 11 is 0. The van der Waals surface area contributed by atoms with Gasteiger partial charge in [0.1, 0.15) is 0 Å². The third kappa shape index (κ3) is 2.92. The van der Waals surface area contributed by atoms with Crippen molar-refractivity contribution in [3.8, 4) is 6.07 Å². The number of rotatable bonds is 2. The molecule has 1 heterocycles. The van der Waals surface area contributed by atoms with Crippen LogP contribution in [0.1, 0.15) is 18.4 Å². The molecule has 0 spiro atoms. The van der Waals surface area contributed by atoms with Crippen molar-refractivity contribution in [1.82, 2.24) is 4.90 Å². The molecule has 0 saturated carbocycles. The second kappa shape index (κ2) is 5.41. The van der Waals surface area contributed by atoms with Gasteiger partial charge in [0.25, 0.3) is 0 Å². The van der Waals surface area contributed by atoms with Crippen LogP contribution in [0.4, 0.5) is 10.5 Å². The molecule has 0 bridgehead atoms. The Hall–Kier alpha value is -2.22. The number of benzene rings is 1. The number of hydrogen-bond donors (Lipinski definition) is 2. The highest BCUT2D eigenvalue weighted by Crippen LogP contribution is 2.17. The van der Waals surface area contributed by atoms with Crippen LogP contribution in [-0.4, -0.2) is 35.2 Å². The van der Waals surface area contributed by atoms with Gasteiger partial charge in [-0.05, 0) is 31.0 Å². The highest BCUT2D eigenvalue weighted by molar-refractivity contribution is 5.65. The van der Waals surface area contributed by atoms with E-state index < -0.39 is 6.09 Å². The molecule has 0 unspecified atom stereocenters. The van der Waals surface area contributed by atoms with Crippen LogP contribution in [0.3, 0.4) is 0 Å². The lowest BCUT2D eigenvalue weighted by molar-refractivity contribution is 0.134. The van der Waals surface area contributed by atoms with Crippen LogP contribution in [0.2, 0.25) is 0 Å². The number of nitrogens with zero attached hydrogens (tertiary/aromatic N) is 2. The first-order chi connectivity index (χ1) is 8.69. The fourth-order valence-electron chi connectivity index (χ4n) is 2.13. The van der Waals surface area contributed by atoms with Gasteiger partial charge in [-0.1, -0.05) is 6.07 Å². The summed E-state index contributed by atoms with van der Waals surface area (Å²) in [7, 11) is 0. The van der Waals surface area contributed by atoms with Crippen LogP contribution in [-0.2, 0) is 0 Å². The van der Waals surface area contributed by atoms with Gasteiger partial charge in [0.15, 0.2) is 0 Å². The smallest absolute Gasteiger partial charge is 0.407 e. The number of likely N-dealkylation sites (tertiary alicyclic amines) is 1. The van der Waals surface area contributed by atoms with Crippen molar-refractivity contribution in [3.05, 3.63) is 29.8 Å². The van der Waals surface area contributed by atoms with E-state index in [2.05, 4.69) is 11.4 Å². The molecule has 1 aromatic carbocycles. The van der Waals surface area contributed by atoms with Gasteiger partial charge in [-0.2, -0.15) is 5.26 Å². The minimum absolute atomic E-state index is 0.273. The molecule has 5 heteroatoms. The zero-order valence-corrected chi connectivity index (χ0v) is 9.97. The van der Waals surface area contributed by atoms with Crippen molar-refractivity contribution < 1.29 is 9.90 Å². The number of nitriles is 1. The van der Waals surface area contributed by atoms with E-state index in [1.54, 1.807) is 6.07 Å². The molecule has 18 heavy (non-hydrogen) atoms. The number of carbonyl (C=O) groups is 1. The molecule has 1 aromatic rings. The molecular formula is C13H15N3O2. The Morgan fingerprint density at radius 2 is 2.17 bits per heavy atom. The molecule has 2 rings (SSSR count). The topological polar surface area (TPSA) is 76.4 Å². The van der Waals surface area contributed by atoms with Gasteiger partial charge in [0, 0.05) is 24.8 Å². The Labute approximate surface area is 106 Å². The van der Waals surface area contributed by atoms with Gasteiger partial charge in [-0.15, -0.1) is 0 Å². The third-order valence-corrected chi connectivity index (χ3v) is 3.13. The van der Waals surface area contributed by atoms with Gasteiger partial charge >= 0.3 is 6.09 Å². The maximum atomic E-state index is 10.8. The number of nitrogens with one attached hydrogen (secondary N) is 1. The molecule has 2 N–H and O–H groups in total. The molecule has 1 aliphatic heterocycles. The molecule has 0 atom stereocenters. The molecule has 1 saturated heterocycles. The summed E-state index contributed by atoms with van der Waals surface area (Å²) in [5.74, 6) is 0. The van der Waals surface area contributed by atoms with Gasteiger partial charge in [-0.3, -0.25) is 0 Å². The van der Waals surface area contributed by atoms with Crippen molar-refractivity contribution in [2.75, 3.05) is 18.4 Å². The molecule has 1 aliphatic rings. The highest BCUT2D eigenvalue weighted by Gasteiger charge is 2.21. The molecular weight excluding hydrogens is 230 g/mol. The van der Waals surface area contributed by atoms with Crippen LogP contribution >= 0.6 is 0 Å². The molecule has 1 amide bonds. The van der Waals surface area contributed by atoms with Crippen LogP contribution in [0, 0.1) is 11.3 Å². The van der Waals surface area contributed by atoms with E-state index in [0.717, 1.165) is 18.5 Å². The number of anilines is 1. The molecule has 94 valence electrons. The Morgan fingerprint density at radius 1 is 1.44 bits per heavy atom. The Morgan fingerprint density at radius 3 is 2.78 bits per heavy atom. The summed E-state index contributed by atoms with van der Waals surface area (Å²) < 4.78 is 0. The molecule has 0 aliphatic carbocycles. The van der Waals surface area contributed by atoms with E-state index in [1.165, 1.54) is 4.90 Å². The van der Waals surface area contributed by atoms with Crippen molar-refractivity contribution in [2.45, 2.75) is 18.9 Å². The fourth-order valence-corrected chi connectivity index (χ4v) is 2.13. The van der Waals surface area contributed by atoms with Crippen LogP contribution < -0.4 is 5.32 Å². The number of amides is 1. The standard InChI is InChI=1S/C13H15N3O2/c14-9-10-2-1-3-12(8-10)15-11-4-6-16(7-5-11)13(17)18/h1-3,8,11,15H,4-7H2,(H,17,18). The molecule has 5 nitrogen and oxygen atoms in total. The van der Waals surface area contributed by atoms with Gasteiger partial charge < -0.3 is 15.3 Å². The number of piperidine rings is 1. The first-order valence-electron chi connectivity index (χ1n) is 5.93. The highest BCUT2D eigenvalue weighted by atomic mass is 16.4. The Kier molecular flexibility index (Phi) is 3.68. The second-order valence-corrected chi connectivity index (χ2v) is 4.38. The Balaban J connectivity index is 1.91. The van der Waals surface area contributed by atoms with E-state index in [4.69, 9.17) is 10.4 Å². The quantitative estimate of drug-likeness (QED) is 0.836. The van der Waals surface area contributed by atoms with Crippen LogP contribution in [0.15, 0.2) is 24.3 Å². The van der Waals surface area contributed by atoms with Crippen molar-refractivity contribution in [1.29, 1.82) is 5.26 Å². The van der Waals surface area contributed by atoms with Crippen molar-refractivity contribution in [2.24, 2.45) is 0 Å². The second-order valence-electron chi connectivity index (χ2n) is 4.38. The predicted octanol–water partition coefficient (Wildman–Crippen LogP) is 2.11. The normalized spacial score (nSPS) is 16.1. The third-order valence-electron chi connectivity index (χ3n) is 3.13. The average molecular weight is 245 g/mol. The Bertz CT molecular complexity index is 473. The lowest BCUT2D eigenvalue weighted by Gasteiger charge is -2.31. The summed E-state index contributed by atoms with van der Waals surface area (Å²) in [6.45, 7) is 1.12. The number of hydrogen-bond acceptors (Lipinski definition) is 3. The molecule has 0 radical (unpaired) electrons. The first-order valence-corrected chi connectivity index (χ1v) is 5.93. The lowest BCUT2D eigenvalue weighted by atomic mass is 10.0. The van der Waals surface area contributed by atoms with Crippen LogP contribution in [0.5, 0.6) is 0 Å². The van der Waals surface area contributed by atoms with E-state index in [1.807, 2.05) is 18.2 Å². The zero-order valence-electron chi connectivity index (χ0n) is 9.97. The van der Waals surface area contributed by atoms with Gasteiger partial charge in [-0.25, -0.2) is 4.79 Å². The minimum atomic E-state index is -0.847. The summed E-state index contributed by atoms with van der Waals surface area (Å²) in [5, 5.41) is 21.0. The van der Waals surface area contributed by atoms with Gasteiger partial charge in [0.2, 0.25) is 0 Å². The van der Waals surface area contributed by atoms with Crippen molar-refractivity contribution in [3.63, 3.8) is 0 Å². The zero-order chi connectivity index (χ0) is 13.0. The van der Waals surface area contributed by atoms with E-state index in [0.29, 0.717) is 18.7 Å². The maximum absolute atomic E-state index is 10.8. The minimum Gasteiger partial charge on any atom is -0.465 e.